The summed E-state index contributed by atoms with van der Waals surface area (Å²) in [6.45, 7) is 3.51. The zero-order chi connectivity index (χ0) is 18.1. The van der Waals surface area contributed by atoms with Crippen LogP contribution in [0.3, 0.4) is 0 Å². The van der Waals surface area contributed by atoms with E-state index < -0.39 is 0 Å². The van der Waals surface area contributed by atoms with Gasteiger partial charge in [0.05, 0.1) is 5.69 Å². The van der Waals surface area contributed by atoms with Crippen LogP contribution < -0.4 is 11.1 Å². The standard InChI is InChI=1S/C20H26N4O2/c1-22-17(5-3-7-19(22)25)14-23-10-8-15(9-11-23)13-24-20(26)12-16-4-2-6-18(16)21-24/h3,5,7,12,15H,2,4,6,8-11,13-14H2,1H3. The molecule has 0 N–H and O–H groups in total. The lowest BCUT2D eigenvalue weighted by atomic mass is 9.96. The quantitative estimate of drug-likeness (QED) is 0.831. The predicted octanol–water partition coefficient (Wildman–Crippen LogP) is 1.34. The molecule has 1 aliphatic carbocycles. The molecule has 1 saturated heterocycles. The minimum absolute atomic E-state index is 0.0412. The molecule has 0 aromatic carbocycles. The lowest BCUT2D eigenvalue weighted by Crippen LogP contribution is -2.37. The fourth-order valence-corrected chi connectivity index (χ4v) is 4.14. The first kappa shape index (κ1) is 17.2. The first-order valence-electron chi connectivity index (χ1n) is 9.57. The number of hydrogen-bond acceptors (Lipinski definition) is 4. The Morgan fingerprint density at radius 3 is 2.73 bits per heavy atom. The van der Waals surface area contributed by atoms with Crippen molar-refractivity contribution in [2.45, 2.75) is 45.2 Å². The van der Waals surface area contributed by atoms with Gasteiger partial charge < -0.3 is 4.57 Å². The number of aryl methyl sites for hydroxylation is 2. The van der Waals surface area contributed by atoms with Crippen molar-refractivity contribution in [1.82, 2.24) is 19.2 Å². The summed E-state index contributed by atoms with van der Waals surface area (Å²) in [5.74, 6) is 0.496. The van der Waals surface area contributed by atoms with Gasteiger partial charge in [-0.1, -0.05) is 6.07 Å². The Morgan fingerprint density at radius 1 is 1.12 bits per heavy atom. The maximum atomic E-state index is 12.3. The average molecular weight is 354 g/mol. The number of rotatable bonds is 4. The van der Waals surface area contributed by atoms with E-state index in [1.165, 1.54) is 0 Å². The molecular formula is C20H26N4O2. The summed E-state index contributed by atoms with van der Waals surface area (Å²) in [6, 6.07) is 7.23. The molecule has 26 heavy (non-hydrogen) atoms. The van der Waals surface area contributed by atoms with Crippen molar-refractivity contribution in [2.24, 2.45) is 13.0 Å². The van der Waals surface area contributed by atoms with Crippen LogP contribution in [0, 0.1) is 5.92 Å². The van der Waals surface area contributed by atoms with Gasteiger partial charge >= 0.3 is 0 Å². The molecule has 1 fully saturated rings. The molecule has 1 aliphatic heterocycles. The fourth-order valence-electron chi connectivity index (χ4n) is 4.14. The van der Waals surface area contributed by atoms with Crippen LogP contribution in [0.25, 0.3) is 0 Å². The van der Waals surface area contributed by atoms with E-state index in [0.717, 1.165) is 75.2 Å². The van der Waals surface area contributed by atoms with Gasteiger partial charge in [-0.25, -0.2) is 4.68 Å². The van der Waals surface area contributed by atoms with Crippen molar-refractivity contribution < 1.29 is 0 Å². The van der Waals surface area contributed by atoms with Gasteiger partial charge in [0.2, 0.25) is 5.56 Å². The molecule has 0 saturated carbocycles. The van der Waals surface area contributed by atoms with Gasteiger partial charge in [-0.3, -0.25) is 14.5 Å². The molecule has 0 amide bonds. The van der Waals surface area contributed by atoms with E-state index in [1.54, 1.807) is 21.4 Å². The monoisotopic (exact) mass is 354 g/mol. The Hall–Kier alpha value is -2.21. The molecule has 2 aromatic rings. The number of likely N-dealkylation sites (tertiary alicyclic amines) is 1. The smallest absolute Gasteiger partial charge is 0.267 e. The first-order chi connectivity index (χ1) is 12.6. The first-order valence-corrected chi connectivity index (χ1v) is 9.57. The number of piperidine rings is 1. The van der Waals surface area contributed by atoms with E-state index in [4.69, 9.17) is 0 Å². The van der Waals surface area contributed by atoms with E-state index >= 15 is 0 Å². The highest BCUT2D eigenvalue weighted by molar-refractivity contribution is 5.22. The zero-order valence-corrected chi connectivity index (χ0v) is 15.4. The minimum Gasteiger partial charge on any atom is -0.314 e. The molecule has 6 heteroatoms. The summed E-state index contributed by atoms with van der Waals surface area (Å²) in [6.07, 6.45) is 5.24. The van der Waals surface area contributed by atoms with Crippen LogP contribution in [0.4, 0.5) is 0 Å². The summed E-state index contributed by atoms with van der Waals surface area (Å²) < 4.78 is 3.41. The molecule has 0 spiro atoms. The molecule has 2 aromatic heterocycles. The number of nitrogens with zero attached hydrogens (tertiary/aromatic N) is 4. The highest BCUT2D eigenvalue weighted by Crippen LogP contribution is 2.21. The predicted molar refractivity (Wildman–Crippen MR) is 100 cm³/mol. The van der Waals surface area contributed by atoms with Gasteiger partial charge in [-0.2, -0.15) is 5.10 Å². The van der Waals surface area contributed by atoms with Crippen LogP contribution in [-0.2, 0) is 33.0 Å². The summed E-state index contributed by atoms with van der Waals surface area (Å²) in [7, 11) is 1.83. The van der Waals surface area contributed by atoms with Gasteiger partial charge in [0.15, 0.2) is 0 Å². The SMILES string of the molecule is Cn1c(CN2CCC(Cn3nc4c(cc3=O)CCC4)CC2)cccc1=O. The summed E-state index contributed by atoms with van der Waals surface area (Å²) >= 11 is 0. The maximum Gasteiger partial charge on any atom is 0.267 e. The van der Waals surface area contributed by atoms with E-state index in [1.807, 2.05) is 19.2 Å². The van der Waals surface area contributed by atoms with Gasteiger partial charge in [-0.05, 0) is 62.7 Å². The topological polar surface area (TPSA) is 60.1 Å². The van der Waals surface area contributed by atoms with Crippen LogP contribution in [-0.4, -0.2) is 32.3 Å². The van der Waals surface area contributed by atoms with Gasteiger partial charge in [-0.15, -0.1) is 0 Å². The highest BCUT2D eigenvalue weighted by Gasteiger charge is 2.22. The fraction of sp³-hybridized carbons (Fsp3) is 0.550. The van der Waals surface area contributed by atoms with Crippen LogP contribution in [0.5, 0.6) is 0 Å². The largest absolute Gasteiger partial charge is 0.314 e. The molecule has 4 rings (SSSR count). The van der Waals surface area contributed by atoms with Crippen LogP contribution in [0.1, 0.15) is 36.2 Å². The third kappa shape index (κ3) is 3.51. The van der Waals surface area contributed by atoms with E-state index in [0.29, 0.717) is 5.92 Å². The second-order valence-electron chi connectivity index (χ2n) is 7.62. The van der Waals surface area contributed by atoms with E-state index in [2.05, 4.69) is 10.00 Å². The highest BCUT2D eigenvalue weighted by atomic mass is 16.1. The summed E-state index contributed by atoms with van der Waals surface area (Å²) in [5, 5.41) is 4.61. The Kier molecular flexibility index (Phi) is 4.76. The van der Waals surface area contributed by atoms with Crippen LogP contribution in [0.2, 0.25) is 0 Å². The normalized spacial score (nSPS) is 18.2. The zero-order valence-electron chi connectivity index (χ0n) is 15.4. The molecule has 3 heterocycles. The molecule has 138 valence electrons. The minimum atomic E-state index is 0.0412. The van der Waals surface area contributed by atoms with E-state index in [9.17, 15) is 9.59 Å². The number of fused-ring (bicyclic) bond motifs is 1. The third-order valence-electron chi connectivity index (χ3n) is 5.84. The number of pyridine rings is 1. The summed E-state index contributed by atoms with van der Waals surface area (Å²) in [4.78, 5) is 26.4. The van der Waals surface area contributed by atoms with Crippen molar-refractivity contribution in [3.8, 4) is 0 Å². The third-order valence-corrected chi connectivity index (χ3v) is 5.84. The Bertz CT molecular complexity index is 907. The molecule has 0 atom stereocenters. The molecule has 0 unspecified atom stereocenters. The lowest BCUT2D eigenvalue weighted by molar-refractivity contribution is 0.160. The van der Waals surface area contributed by atoms with Crippen molar-refractivity contribution >= 4 is 0 Å². The van der Waals surface area contributed by atoms with Crippen molar-refractivity contribution in [2.75, 3.05) is 13.1 Å². The number of hydrogen-bond donors (Lipinski definition) is 0. The molecular weight excluding hydrogens is 328 g/mol. The Morgan fingerprint density at radius 2 is 1.92 bits per heavy atom. The van der Waals surface area contributed by atoms with Crippen molar-refractivity contribution in [3.63, 3.8) is 0 Å². The Labute approximate surface area is 153 Å². The van der Waals surface area contributed by atoms with Crippen LogP contribution in [0.15, 0.2) is 33.9 Å². The van der Waals surface area contributed by atoms with Crippen molar-refractivity contribution in [3.05, 3.63) is 61.9 Å². The average Bonchev–Trinajstić information content (AvgIpc) is 3.08. The molecule has 0 bridgehead atoms. The maximum absolute atomic E-state index is 12.3. The molecule has 2 aliphatic rings. The summed E-state index contributed by atoms with van der Waals surface area (Å²) in [5.41, 5.74) is 3.40. The van der Waals surface area contributed by atoms with Gasteiger partial charge in [0, 0.05) is 38.0 Å². The molecule has 6 nitrogen and oxygen atoms in total. The van der Waals surface area contributed by atoms with Crippen LogP contribution >= 0.6 is 0 Å². The lowest BCUT2D eigenvalue weighted by Gasteiger charge is -2.32. The second kappa shape index (κ2) is 7.19. The molecule has 0 radical (unpaired) electrons. The van der Waals surface area contributed by atoms with Crippen molar-refractivity contribution in [1.29, 1.82) is 0 Å². The second-order valence-corrected chi connectivity index (χ2v) is 7.62. The van der Waals surface area contributed by atoms with Gasteiger partial charge in [0.1, 0.15) is 0 Å². The Balaban J connectivity index is 1.36. The van der Waals surface area contributed by atoms with Gasteiger partial charge in [0.25, 0.3) is 5.56 Å². The number of aromatic nitrogens is 3. The van der Waals surface area contributed by atoms with E-state index in [-0.39, 0.29) is 11.1 Å².